The van der Waals surface area contributed by atoms with Gasteiger partial charge in [0, 0.05) is 41.4 Å². The molecule has 112 valence electrons. The van der Waals surface area contributed by atoms with Gasteiger partial charge in [-0.15, -0.1) is 11.3 Å². The molecule has 0 aliphatic rings. The van der Waals surface area contributed by atoms with E-state index in [0.29, 0.717) is 0 Å². The molecule has 1 heterocycles. The summed E-state index contributed by atoms with van der Waals surface area (Å²) in [5.41, 5.74) is 4.15. The van der Waals surface area contributed by atoms with Gasteiger partial charge in [-0.3, -0.25) is 0 Å². The lowest BCUT2D eigenvalue weighted by Crippen LogP contribution is -2.08. The zero-order valence-electron chi connectivity index (χ0n) is 12.4. The number of hydrogen-bond acceptors (Lipinski definition) is 4. The van der Waals surface area contributed by atoms with Crippen LogP contribution in [0.1, 0.15) is 0 Å². The Labute approximate surface area is 139 Å². The molecule has 3 aromatic rings. The van der Waals surface area contributed by atoms with Crippen LogP contribution in [0.3, 0.4) is 0 Å². The molecule has 0 saturated carbocycles. The van der Waals surface area contributed by atoms with Crippen LogP contribution in [-0.4, -0.2) is 19.1 Å². The third kappa shape index (κ3) is 3.40. The maximum absolute atomic E-state index is 6.03. The first-order valence-electron chi connectivity index (χ1n) is 6.88. The van der Waals surface area contributed by atoms with Crippen molar-refractivity contribution >= 4 is 39.4 Å². The summed E-state index contributed by atoms with van der Waals surface area (Å²) in [5.74, 6) is 0. The van der Waals surface area contributed by atoms with Gasteiger partial charge in [0.25, 0.3) is 0 Å². The van der Waals surface area contributed by atoms with Gasteiger partial charge in [0.15, 0.2) is 5.13 Å². The minimum absolute atomic E-state index is 0.722. The summed E-state index contributed by atoms with van der Waals surface area (Å²) < 4.78 is 0. The van der Waals surface area contributed by atoms with Crippen LogP contribution in [0.25, 0.3) is 11.3 Å². The Hall–Kier alpha value is -2.04. The first-order valence-corrected chi connectivity index (χ1v) is 8.13. The minimum atomic E-state index is 0.722. The molecular formula is C17H16ClN3S. The van der Waals surface area contributed by atoms with Crippen LogP contribution in [0.4, 0.5) is 16.5 Å². The van der Waals surface area contributed by atoms with E-state index in [1.807, 2.05) is 43.7 Å². The van der Waals surface area contributed by atoms with E-state index >= 15 is 0 Å². The van der Waals surface area contributed by atoms with E-state index in [-0.39, 0.29) is 0 Å². The molecule has 0 aliphatic heterocycles. The first-order chi connectivity index (χ1) is 10.6. The van der Waals surface area contributed by atoms with Gasteiger partial charge in [-0.05, 0) is 36.4 Å². The Bertz CT molecular complexity index is 766. The Morgan fingerprint density at radius 2 is 1.86 bits per heavy atom. The molecule has 0 unspecified atom stereocenters. The smallest absolute Gasteiger partial charge is 0.187 e. The van der Waals surface area contributed by atoms with Crippen LogP contribution in [0.5, 0.6) is 0 Å². The largest absolute Gasteiger partial charge is 0.378 e. The van der Waals surface area contributed by atoms with Gasteiger partial charge >= 0.3 is 0 Å². The lowest BCUT2D eigenvalue weighted by Gasteiger charge is -2.12. The van der Waals surface area contributed by atoms with Crippen molar-refractivity contribution in [3.63, 3.8) is 0 Å². The molecule has 0 radical (unpaired) electrons. The summed E-state index contributed by atoms with van der Waals surface area (Å²) in [5, 5.41) is 6.95. The summed E-state index contributed by atoms with van der Waals surface area (Å²) >= 11 is 7.61. The SMILES string of the molecule is CN(C)c1ccc(Nc2nc(-c3cccc(Cl)c3)cs2)cc1. The highest BCUT2D eigenvalue weighted by Gasteiger charge is 2.05. The molecule has 0 amide bonds. The number of benzene rings is 2. The fraction of sp³-hybridized carbons (Fsp3) is 0.118. The molecule has 1 N–H and O–H groups in total. The van der Waals surface area contributed by atoms with Crippen LogP contribution < -0.4 is 10.2 Å². The van der Waals surface area contributed by atoms with Gasteiger partial charge < -0.3 is 10.2 Å². The molecule has 3 nitrogen and oxygen atoms in total. The summed E-state index contributed by atoms with van der Waals surface area (Å²) in [6.45, 7) is 0. The van der Waals surface area contributed by atoms with Crippen molar-refractivity contribution in [3.05, 3.63) is 58.9 Å². The lowest BCUT2D eigenvalue weighted by atomic mass is 10.2. The Morgan fingerprint density at radius 1 is 1.09 bits per heavy atom. The molecule has 0 bridgehead atoms. The van der Waals surface area contributed by atoms with Gasteiger partial charge in [0.1, 0.15) is 0 Å². The maximum Gasteiger partial charge on any atom is 0.187 e. The predicted molar refractivity (Wildman–Crippen MR) is 96.6 cm³/mol. The number of anilines is 3. The predicted octanol–water partition coefficient (Wildman–Crippen LogP) is 5.27. The van der Waals surface area contributed by atoms with Crippen LogP contribution >= 0.6 is 22.9 Å². The van der Waals surface area contributed by atoms with Crippen LogP contribution in [0, 0.1) is 0 Å². The zero-order chi connectivity index (χ0) is 15.5. The van der Waals surface area contributed by atoms with E-state index in [1.54, 1.807) is 11.3 Å². The number of aromatic nitrogens is 1. The maximum atomic E-state index is 6.03. The quantitative estimate of drug-likeness (QED) is 0.706. The topological polar surface area (TPSA) is 28.2 Å². The van der Waals surface area contributed by atoms with Crippen molar-refractivity contribution < 1.29 is 0 Å². The van der Waals surface area contributed by atoms with Crippen molar-refractivity contribution in [2.45, 2.75) is 0 Å². The zero-order valence-corrected chi connectivity index (χ0v) is 13.9. The van der Waals surface area contributed by atoms with E-state index in [2.05, 4.69) is 39.5 Å². The molecule has 3 rings (SSSR count). The van der Waals surface area contributed by atoms with Gasteiger partial charge in [0.2, 0.25) is 0 Å². The number of hydrogen-bond donors (Lipinski definition) is 1. The molecule has 0 spiro atoms. The fourth-order valence-corrected chi connectivity index (χ4v) is 3.01. The molecule has 5 heteroatoms. The molecule has 0 aliphatic carbocycles. The average molecular weight is 330 g/mol. The number of rotatable bonds is 4. The summed E-state index contributed by atoms with van der Waals surface area (Å²) in [6.07, 6.45) is 0. The monoisotopic (exact) mass is 329 g/mol. The van der Waals surface area contributed by atoms with Crippen molar-refractivity contribution in [2.24, 2.45) is 0 Å². The highest BCUT2D eigenvalue weighted by atomic mass is 35.5. The molecule has 2 aromatic carbocycles. The molecule has 22 heavy (non-hydrogen) atoms. The van der Waals surface area contributed by atoms with Crippen molar-refractivity contribution in [1.29, 1.82) is 0 Å². The fourth-order valence-electron chi connectivity index (χ4n) is 2.08. The Balaban J connectivity index is 1.77. The second kappa shape index (κ2) is 6.38. The molecule has 0 atom stereocenters. The Kier molecular flexibility index (Phi) is 4.32. The standard InChI is InChI=1S/C17H16ClN3S/c1-21(2)15-8-6-14(7-9-15)19-17-20-16(11-22-17)12-4-3-5-13(18)10-12/h3-11H,1-2H3,(H,19,20). The number of halogens is 1. The summed E-state index contributed by atoms with van der Waals surface area (Å²) in [6, 6.07) is 16.0. The molecule has 1 aromatic heterocycles. The third-order valence-electron chi connectivity index (χ3n) is 3.26. The van der Waals surface area contributed by atoms with Crippen molar-refractivity contribution in [3.8, 4) is 11.3 Å². The van der Waals surface area contributed by atoms with E-state index in [1.165, 1.54) is 5.69 Å². The molecule has 0 saturated heterocycles. The third-order valence-corrected chi connectivity index (χ3v) is 4.25. The number of nitrogens with zero attached hydrogens (tertiary/aromatic N) is 2. The van der Waals surface area contributed by atoms with E-state index in [9.17, 15) is 0 Å². The first kappa shape index (κ1) is 14.9. The highest BCUT2D eigenvalue weighted by molar-refractivity contribution is 7.14. The van der Waals surface area contributed by atoms with E-state index in [0.717, 1.165) is 27.1 Å². The van der Waals surface area contributed by atoms with Gasteiger partial charge in [-0.1, -0.05) is 23.7 Å². The number of thiazole rings is 1. The van der Waals surface area contributed by atoms with E-state index < -0.39 is 0 Å². The Morgan fingerprint density at radius 3 is 2.55 bits per heavy atom. The van der Waals surface area contributed by atoms with Crippen molar-refractivity contribution in [2.75, 3.05) is 24.3 Å². The van der Waals surface area contributed by atoms with Crippen molar-refractivity contribution in [1.82, 2.24) is 4.98 Å². The van der Waals surface area contributed by atoms with Gasteiger partial charge in [-0.25, -0.2) is 4.98 Å². The summed E-state index contributed by atoms with van der Waals surface area (Å²) in [4.78, 5) is 6.69. The number of nitrogens with one attached hydrogen (secondary N) is 1. The minimum Gasteiger partial charge on any atom is -0.378 e. The van der Waals surface area contributed by atoms with Crippen LogP contribution in [0.15, 0.2) is 53.9 Å². The molecule has 0 fully saturated rings. The van der Waals surface area contributed by atoms with Gasteiger partial charge in [-0.2, -0.15) is 0 Å². The summed E-state index contributed by atoms with van der Waals surface area (Å²) in [7, 11) is 4.06. The second-order valence-corrected chi connectivity index (χ2v) is 6.41. The van der Waals surface area contributed by atoms with Crippen LogP contribution in [0.2, 0.25) is 5.02 Å². The van der Waals surface area contributed by atoms with Gasteiger partial charge in [0.05, 0.1) is 5.69 Å². The molecular weight excluding hydrogens is 314 g/mol. The lowest BCUT2D eigenvalue weighted by molar-refractivity contribution is 1.13. The highest BCUT2D eigenvalue weighted by Crippen LogP contribution is 2.28. The average Bonchev–Trinajstić information content (AvgIpc) is 2.96. The normalized spacial score (nSPS) is 10.5. The van der Waals surface area contributed by atoms with E-state index in [4.69, 9.17) is 11.6 Å². The van der Waals surface area contributed by atoms with Crippen LogP contribution in [-0.2, 0) is 0 Å². The second-order valence-electron chi connectivity index (χ2n) is 5.11.